The Morgan fingerprint density at radius 3 is 2.93 bits per heavy atom. The van der Waals surface area contributed by atoms with E-state index in [0.717, 1.165) is 30.4 Å². The molecule has 144 valence electrons. The Kier molecular flexibility index (Phi) is 5.46. The molecular weight excluding hydrogens is 338 g/mol. The van der Waals surface area contributed by atoms with E-state index in [-0.39, 0.29) is 5.78 Å². The number of carbonyl (C=O) groups is 1. The van der Waals surface area contributed by atoms with Gasteiger partial charge in [0.15, 0.2) is 5.78 Å². The molecule has 4 heteroatoms. The first-order valence-corrected chi connectivity index (χ1v) is 10.2. The first-order chi connectivity index (χ1) is 13.2. The molecule has 1 aromatic carbocycles. The first-order valence-electron chi connectivity index (χ1n) is 10.2. The number of ketones is 1. The van der Waals surface area contributed by atoms with Crippen LogP contribution in [0.25, 0.3) is 0 Å². The van der Waals surface area contributed by atoms with Crippen molar-refractivity contribution in [2.24, 2.45) is 0 Å². The van der Waals surface area contributed by atoms with Crippen molar-refractivity contribution < 1.29 is 14.3 Å². The molecule has 1 aromatic rings. The van der Waals surface area contributed by atoms with Gasteiger partial charge < -0.3 is 14.4 Å². The molecule has 2 atom stereocenters. The van der Waals surface area contributed by atoms with E-state index >= 15 is 0 Å². The second-order valence-corrected chi connectivity index (χ2v) is 7.90. The molecule has 27 heavy (non-hydrogen) atoms. The second-order valence-electron chi connectivity index (χ2n) is 7.90. The van der Waals surface area contributed by atoms with Crippen molar-refractivity contribution in [1.29, 1.82) is 0 Å². The number of likely N-dealkylation sites (tertiary alicyclic amines) is 1. The fourth-order valence-corrected chi connectivity index (χ4v) is 4.42. The van der Waals surface area contributed by atoms with Crippen LogP contribution in [0, 0.1) is 0 Å². The van der Waals surface area contributed by atoms with Gasteiger partial charge in [-0.15, -0.1) is 0 Å². The number of rotatable bonds is 5. The largest absolute Gasteiger partial charge is 0.458 e. The molecule has 4 rings (SSSR count). The average molecular weight is 367 g/mol. The molecule has 2 aliphatic heterocycles. The molecule has 0 N–H and O–H groups in total. The predicted molar refractivity (Wildman–Crippen MR) is 105 cm³/mol. The topological polar surface area (TPSA) is 38.8 Å². The number of benzene rings is 1. The zero-order chi connectivity index (χ0) is 18.7. The van der Waals surface area contributed by atoms with E-state index in [1.165, 1.54) is 25.8 Å². The zero-order valence-corrected chi connectivity index (χ0v) is 16.2. The van der Waals surface area contributed by atoms with Gasteiger partial charge >= 0.3 is 0 Å². The summed E-state index contributed by atoms with van der Waals surface area (Å²) in [6.45, 7) is 1.83. The van der Waals surface area contributed by atoms with Crippen LogP contribution in [0.3, 0.4) is 0 Å². The number of hydrogen-bond acceptors (Lipinski definition) is 4. The molecule has 4 nitrogen and oxygen atoms in total. The van der Waals surface area contributed by atoms with E-state index < -0.39 is 5.79 Å². The van der Waals surface area contributed by atoms with Gasteiger partial charge in [0, 0.05) is 30.5 Å². The fourth-order valence-electron chi connectivity index (χ4n) is 4.42. The number of ether oxygens (including phenoxy) is 2. The number of hydrogen-bond donors (Lipinski definition) is 0. The summed E-state index contributed by atoms with van der Waals surface area (Å²) in [5.74, 6) is -0.00691. The summed E-state index contributed by atoms with van der Waals surface area (Å²) >= 11 is 0. The third-order valence-electron chi connectivity index (χ3n) is 6.08. The van der Waals surface area contributed by atoms with Crippen LogP contribution < -0.4 is 0 Å². The second kappa shape index (κ2) is 7.99. The SMILES string of the molecule is CN1CCCCC1CCOC1(c2ccccc2)CCC2=CCC(=O)C=C2O1. The van der Waals surface area contributed by atoms with Crippen LogP contribution in [0.15, 0.2) is 53.8 Å². The zero-order valence-electron chi connectivity index (χ0n) is 16.2. The van der Waals surface area contributed by atoms with Gasteiger partial charge in [0.2, 0.25) is 5.79 Å². The maximum Gasteiger partial charge on any atom is 0.237 e. The molecule has 0 spiro atoms. The van der Waals surface area contributed by atoms with E-state index in [1.807, 2.05) is 24.3 Å². The minimum Gasteiger partial charge on any atom is -0.458 e. The summed E-state index contributed by atoms with van der Waals surface area (Å²) in [5.41, 5.74) is 2.16. The highest BCUT2D eigenvalue weighted by atomic mass is 16.7. The van der Waals surface area contributed by atoms with E-state index in [9.17, 15) is 4.79 Å². The molecule has 2 heterocycles. The number of nitrogens with zero attached hydrogens (tertiary/aromatic N) is 1. The third-order valence-corrected chi connectivity index (χ3v) is 6.08. The molecule has 0 amide bonds. The van der Waals surface area contributed by atoms with Crippen LogP contribution in [0.4, 0.5) is 0 Å². The van der Waals surface area contributed by atoms with Crippen LogP contribution in [-0.2, 0) is 20.1 Å². The van der Waals surface area contributed by atoms with Crippen LogP contribution in [0.2, 0.25) is 0 Å². The Morgan fingerprint density at radius 2 is 2.11 bits per heavy atom. The minimum atomic E-state index is -0.796. The Balaban J connectivity index is 1.51. The standard InChI is InChI=1S/C23H29NO3/c1-24-15-6-5-9-20(24)13-16-26-23(19-7-3-2-4-8-19)14-12-18-10-11-21(25)17-22(18)27-23/h2-4,7-8,10,17,20H,5-6,9,11-16H2,1H3. The van der Waals surface area contributed by atoms with Gasteiger partial charge in [-0.25, -0.2) is 0 Å². The highest BCUT2D eigenvalue weighted by Gasteiger charge is 2.41. The minimum absolute atomic E-state index is 0.0986. The smallest absolute Gasteiger partial charge is 0.237 e. The Hall–Kier alpha value is -1.91. The Labute approximate surface area is 161 Å². The van der Waals surface area contributed by atoms with Crippen molar-refractivity contribution in [2.45, 2.75) is 56.8 Å². The van der Waals surface area contributed by atoms with E-state index in [2.05, 4.69) is 24.1 Å². The van der Waals surface area contributed by atoms with Crippen molar-refractivity contribution in [1.82, 2.24) is 4.90 Å². The van der Waals surface area contributed by atoms with Gasteiger partial charge in [-0.05, 0) is 44.8 Å². The van der Waals surface area contributed by atoms with Crippen molar-refractivity contribution in [3.63, 3.8) is 0 Å². The van der Waals surface area contributed by atoms with Gasteiger partial charge in [-0.3, -0.25) is 4.79 Å². The number of carbonyl (C=O) groups excluding carboxylic acids is 1. The predicted octanol–water partition coefficient (Wildman–Crippen LogP) is 4.32. The molecule has 0 bridgehead atoms. The van der Waals surface area contributed by atoms with E-state index in [1.54, 1.807) is 6.08 Å². The first kappa shape index (κ1) is 18.5. The van der Waals surface area contributed by atoms with Crippen LogP contribution >= 0.6 is 0 Å². The summed E-state index contributed by atoms with van der Waals surface area (Å²) in [5, 5.41) is 0. The lowest BCUT2D eigenvalue weighted by Gasteiger charge is -2.41. The summed E-state index contributed by atoms with van der Waals surface area (Å²) in [6, 6.07) is 10.8. The lowest BCUT2D eigenvalue weighted by Crippen LogP contribution is -2.40. The monoisotopic (exact) mass is 367 g/mol. The molecule has 1 aliphatic carbocycles. The quantitative estimate of drug-likeness (QED) is 0.777. The van der Waals surface area contributed by atoms with Crippen molar-refractivity contribution in [2.75, 3.05) is 20.2 Å². The van der Waals surface area contributed by atoms with Gasteiger partial charge in [-0.1, -0.05) is 42.8 Å². The van der Waals surface area contributed by atoms with Crippen LogP contribution in [-0.4, -0.2) is 36.9 Å². The third kappa shape index (κ3) is 4.02. The van der Waals surface area contributed by atoms with E-state index in [0.29, 0.717) is 24.8 Å². The highest BCUT2D eigenvalue weighted by Crippen LogP contribution is 2.43. The summed E-state index contributed by atoms with van der Waals surface area (Å²) in [4.78, 5) is 14.3. The van der Waals surface area contributed by atoms with Crippen LogP contribution in [0.5, 0.6) is 0 Å². The number of fused-ring (bicyclic) bond motifs is 1. The van der Waals surface area contributed by atoms with Gasteiger partial charge in [0.25, 0.3) is 0 Å². The van der Waals surface area contributed by atoms with Crippen LogP contribution in [0.1, 0.15) is 50.5 Å². The summed E-state index contributed by atoms with van der Waals surface area (Å²) in [6.07, 6.45) is 10.6. The van der Waals surface area contributed by atoms with Gasteiger partial charge in [0.05, 0.1) is 6.61 Å². The molecule has 0 aromatic heterocycles. The lowest BCUT2D eigenvalue weighted by molar-refractivity contribution is -0.237. The maximum atomic E-state index is 11.9. The molecule has 0 saturated carbocycles. The molecular formula is C23H29NO3. The normalized spacial score (nSPS) is 28.8. The van der Waals surface area contributed by atoms with Crippen molar-refractivity contribution in [3.8, 4) is 0 Å². The summed E-state index contributed by atoms with van der Waals surface area (Å²) < 4.78 is 12.9. The molecule has 3 aliphatic rings. The Bertz CT molecular complexity index is 739. The van der Waals surface area contributed by atoms with Gasteiger partial charge in [-0.2, -0.15) is 0 Å². The number of allylic oxidation sites excluding steroid dienone is 3. The number of piperidine rings is 1. The lowest BCUT2D eigenvalue weighted by atomic mass is 9.90. The molecule has 2 fully saturated rings. The summed E-state index contributed by atoms with van der Waals surface area (Å²) in [7, 11) is 2.21. The van der Waals surface area contributed by atoms with Crippen molar-refractivity contribution >= 4 is 5.78 Å². The fraction of sp³-hybridized carbons (Fsp3) is 0.522. The molecule has 0 radical (unpaired) electrons. The molecule has 2 saturated heterocycles. The van der Waals surface area contributed by atoms with Gasteiger partial charge in [0.1, 0.15) is 5.76 Å². The average Bonchev–Trinajstić information content (AvgIpc) is 2.70. The Morgan fingerprint density at radius 1 is 1.26 bits per heavy atom. The highest BCUT2D eigenvalue weighted by molar-refractivity contribution is 5.93. The van der Waals surface area contributed by atoms with E-state index in [4.69, 9.17) is 9.47 Å². The maximum absolute atomic E-state index is 11.9. The van der Waals surface area contributed by atoms with Crippen molar-refractivity contribution in [3.05, 3.63) is 59.4 Å². The molecule has 2 unspecified atom stereocenters.